The highest BCUT2D eigenvalue weighted by Crippen LogP contribution is 2.25. The number of benzene rings is 3. The van der Waals surface area contributed by atoms with Crippen molar-refractivity contribution >= 4 is 11.8 Å². The molecule has 172 valence electrons. The number of carbonyl (C=O) groups is 2. The van der Waals surface area contributed by atoms with E-state index in [-0.39, 0.29) is 37.9 Å². The number of nitrogens with one attached hydrogen (secondary N) is 1. The number of hydrogen-bond donors (Lipinski definition) is 2. The van der Waals surface area contributed by atoms with Crippen molar-refractivity contribution in [3.05, 3.63) is 102 Å². The number of carbonyl (C=O) groups excluding carboxylic acids is 2. The predicted octanol–water partition coefficient (Wildman–Crippen LogP) is 3.51. The molecule has 3 aromatic rings. The summed E-state index contributed by atoms with van der Waals surface area (Å²) in [6.07, 6.45) is 0.856. The van der Waals surface area contributed by atoms with Crippen molar-refractivity contribution < 1.29 is 19.4 Å². The van der Waals surface area contributed by atoms with Crippen molar-refractivity contribution in [2.24, 2.45) is 0 Å². The molecule has 0 unspecified atom stereocenters. The Morgan fingerprint density at radius 2 is 1.55 bits per heavy atom. The topological polar surface area (TPSA) is 78.9 Å². The van der Waals surface area contributed by atoms with Crippen molar-refractivity contribution in [1.82, 2.24) is 10.2 Å². The van der Waals surface area contributed by atoms with Crippen LogP contribution < -0.4 is 10.1 Å². The average Bonchev–Trinajstić information content (AvgIpc) is 2.87. The molecule has 0 spiro atoms. The molecule has 33 heavy (non-hydrogen) atoms. The molecule has 0 aromatic heterocycles. The Kier molecular flexibility index (Phi) is 9.03. The first-order valence-corrected chi connectivity index (χ1v) is 11.0. The highest BCUT2D eigenvalue weighted by Gasteiger charge is 2.31. The van der Waals surface area contributed by atoms with Crippen LogP contribution in [0.25, 0.3) is 0 Å². The number of amides is 2. The van der Waals surface area contributed by atoms with Crippen molar-refractivity contribution in [3.63, 3.8) is 0 Å². The SMILES string of the molecule is COc1ccc(CN(C(=O)CCc2ccccc2)[C@@H](C(=O)NCCO)c2ccccc2)cc1. The second kappa shape index (κ2) is 12.4. The minimum Gasteiger partial charge on any atom is -0.497 e. The van der Waals surface area contributed by atoms with Gasteiger partial charge in [0.1, 0.15) is 11.8 Å². The van der Waals surface area contributed by atoms with Crippen LogP contribution in [-0.4, -0.2) is 42.1 Å². The number of aliphatic hydroxyl groups is 1. The van der Waals surface area contributed by atoms with Gasteiger partial charge in [-0.25, -0.2) is 0 Å². The zero-order valence-electron chi connectivity index (χ0n) is 18.8. The Balaban J connectivity index is 1.91. The van der Waals surface area contributed by atoms with Crippen molar-refractivity contribution in [2.75, 3.05) is 20.3 Å². The number of methoxy groups -OCH3 is 1. The summed E-state index contributed by atoms with van der Waals surface area (Å²) in [5.74, 6) is 0.278. The lowest BCUT2D eigenvalue weighted by atomic mass is 10.0. The average molecular weight is 447 g/mol. The Labute approximate surface area is 194 Å². The summed E-state index contributed by atoms with van der Waals surface area (Å²) < 4.78 is 5.24. The van der Waals surface area contributed by atoms with Crippen molar-refractivity contribution in [3.8, 4) is 5.75 Å². The molecule has 0 fully saturated rings. The fourth-order valence-electron chi connectivity index (χ4n) is 3.67. The van der Waals surface area contributed by atoms with E-state index in [4.69, 9.17) is 4.74 Å². The molecule has 0 radical (unpaired) electrons. The summed E-state index contributed by atoms with van der Waals surface area (Å²) in [4.78, 5) is 28.3. The lowest BCUT2D eigenvalue weighted by molar-refractivity contribution is -0.141. The molecule has 1 atom stereocenters. The lowest BCUT2D eigenvalue weighted by Crippen LogP contribution is -2.44. The molecule has 0 aliphatic carbocycles. The fourth-order valence-corrected chi connectivity index (χ4v) is 3.67. The standard InChI is InChI=1S/C27H30N2O4/c1-33-24-15-12-22(13-16-24)20-29(25(31)17-14-21-8-4-2-5-9-21)26(27(32)28-18-19-30)23-10-6-3-7-11-23/h2-13,15-16,26,30H,14,17-20H2,1H3,(H,28,32)/t26-/m1/s1. The van der Waals surface area contributed by atoms with Crippen LogP contribution in [0.1, 0.15) is 29.2 Å². The summed E-state index contributed by atoms with van der Waals surface area (Å²) in [7, 11) is 1.60. The number of hydrogen-bond acceptors (Lipinski definition) is 4. The minimum absolute atomic E-state index is 0.122. The molecule has 6 heteroatoms. The first-order valence-electron chi connectivity index (χ1n) is 11.0. The third kappa shape index (κ3) is 6.92. The lowest BCUT2D eigenvalue weighted by Gasteiger charge is -2.32. The van der Waals surface area contributed by atoms with E-state index < -0.39 is 6.04 Å². The third-order valence-electron chi connectivity index (χ3n) is 5.39. The molecule has 6 nitrogen and oxygen atoms in total. The maximum Gasteiger partial charge on any atom is 0.247 e. The van der Waals surface area contributed by atoms with Gasteiger partial charge < -0.3 is 20.1 Å². The van der Waals surface area contributed by atoms with Gasteiger partial charge in [0, 0.05) is 19.5 Å². The molecular weight excluding hydrogens is 416 g/mol. The number of aryl methyl sites for hydroxylation is 1. The molecule has 0 saturated heterocycles. The zero-order chi connectivity index (χ0) is 23.5. The first-order chi connectivity index (χ1) is 16.1. The summed E-state index contributed by atoms with van der Waals surface area (Å²) in [5.41, 5.74) is 2.67. The van der Waals surface area contributed by atoms with E-state index in [0.717, 1.165) is 22.4 Å². The van der Waals surface area contributed by atoms with E-state index in [1.54, 1.807) is 12.0 Å². The van der Waals surface area contributed by atoms with Crippen LogP contribution in [0.2, 0.25) is 0 Å². The molecule has 3 aromatic carbocycles. The summed E-state index contributed by atoms with van der Waals surface area (Å²) >= 11 is 0. The first kappa shape index (κ1) is 24.0. The van der Waals surface area contributed by atoms with Crippen molar-refractivity contribution in [1.29, 1.82) is 0 Å². The zero-order valence-corrected chi connectivity index (χ0v) is 18.8. The normalized spacial score (nSPS) is 11.5. The quantitative estimate of drug-likeness (QED) is 0.473. The molecule has 2 N–H and O–H groups in total. The van der Waals surface area contributed by atoms with E-state index >= 15 is 0 Å². The summed E-state index contributed by atoms with van der Waals surface area (Å²) in [6.45, 7) is 0.216. The van der Waals surface area contributed by atoms with Gasteiger partial charge in [-0.2, -0.15) is 0 Å². The smallest absolute Gasteiger partial charge is 0.247 e. The number of aliphatic hydroxyl groups excluding tert-OH is 1. The van der Waals surface area contributed by atoms with Gasteiger partial charge in [0.15, 0.2) is 0 Å². The van der Waals surface area contributed by atoms with E-state index in [0.29, 0.717) is 6.42 Å². The Bertz CT molecular complexity index is 1010. The maximum atomic E-state index is 13.5. The Morgan fingerprint density at radius 1 is 0.909 bits per heavy atom. The van der Waals surface area contributed by atoms with Crippen LogP contribution in [-0.2, 0) is 22.6 Å². The van der Waals surface area contributed by atoms with Gasteiger partial charge in [0.05, 0.1) is 13.7 Å². The van der Waals surface area contributed by atoms with E-state index in [1.165, 1.54) is 0 Å². The molecule has 0 bridgehead atoms. The number of ether oxygens (including phenoxy) is 1. The van der Waals surface area contributed by atoms with Gasteiger partial charge in [0.2, 0.25) is 11.8 Å². The largest absolute Gasteiger partial charge is 0.497 e. The van der Waals surface area contributed by atoms with E-state index in [1.807, 2.05) is 84.9 Å². The molecule has 0 aliphatic heterocycles. The van der Waals surface area contributed by atoms with Gasteiger partial charge >= 0.3 is 0 Å². The monoisotopic (exact) mass is 446 g/mol. The van der Waals surface area contributed by atoms with E-state index in [9.17, 15) is 14.7 Å². The van der Waals surface area contributed by atoms with Gasteiger partial charge in [0.25, 0.3) is 0 Å². The van der Waals surface area contributed by atoms with Gasteiger partial charge in [-0.1, -0.05) is 72.8 Å². The second-order valence-corrected chi connectivity index (χ2v) is 7.68. The van der Waals surface area contributed by atoms with Gasteiger partial charge in [-0.15, -0.1) is 0 Å². The van der Waals surface area contributed by atoms with Crippen molar-refractivity contribution in [2.45, 2.75) is 25.4 Å². The van der Waals surface area contributed by atoms with Crippen LogP contribution in [0.5, 0.6) is 5.75 Å². The van der Waals surface area contributed by atoms with Crippen LogP contribution >= 0.6 is 0 Å². The fraction of sp³-hybridized carbons (Fsp3) is 0.259. The second-order valence-electron chi connectivity index (χ2n) is 7.68. The summed E-state index contributed by atoms with van der Waals surface area (Å²) in [5, 5.41) is 11.9. The summed E-state index contributed by atoms with van der Waals surface area (Å²) in [6, 6.07) is 25.7. The molecular formula is C27H30N2O4. The number of nitrogens with zero attached hydrogens (tertiary/aromatic N) is 1. The highest BCUT2D eigenvalue weighted by molar-refractivity contribution is 5.88. The minimum atomic E-state index is -0.817. The molecule has 0 saturated carbocycles. The number of rotatable bonds is 11. The van der Waals surface area contributed by atoms with Crippen LogP contribution in [0.3, 0.4) is 0 Å². The molecule has 0 heterocycles. The third-order valence-corrected chi connectivity index (χ3v) is 5.39. The van der Waals surface area contributed by atoms with E-state index in [2.05, 4.69) is 5.32 Å². The molecule has 0 aliphatic rings. The van der Waals surface area contributed by atoms with Crippen LogP contribution in [0, 0.1) is 0 Å². The molecule has 2 amide bonds. The molecule has 3 rings (SSSR count). The van der Waals surface area contributed by atoms with Crippen LogP contribution in [0.4, 0.5) is 0 Å². The Morgan fingerprint density at radius 3 is 2.15 bits per heavy atom. The van der Waals surface area contributed by atoms with Gasteiger partial charge in [-0.3, -0.25) is 9.59 Å². The highest BCUT2D eigenvalue weighted by atomic mass is 16.5. The Hall–Kier alpha value is -3.64. The maximum absolute atomic E-state index is 13.5. The van der Waals surface area contributed by atoms with Gasteiger partial charge in [-0.05, 0) is 35.2 Å². The van der Waals surface area contributed by atoms with Crippen LogP contribution in [0.15, 0.2) is 84.9 Å². The predicted molar refractivity (Wildman–Crippen MR) is 128 cm³/mol.